The Balaban J connectivity index is 2.06. The van der Waals surface area contributed by atoms with Gasteiger partial charge in [-0.3, -0.25) is 10.2 Å². The first-order valence-corrected chi connectivity index (χ1v) is 9.78. The summed E-state index contributed by atoms with van der Waals surface area (Å²) in [5.74, 6) is -2.24. The quantitative estimate of drug-likeness (QED) is 0.189. The number of methoxy groups -OCH3 is 1. The first kappa shape index (κ1) is 23.0. The van der Waals surface area contributed by atoms with E-state index in [9.17, 15) is 19.5 Å². The molecule has 8 heteroatoms. The fourth-order valence-corrected chi connectivity index (χ4v) is 3.16. The molecule has 3 aromatic rings. The van der Waals surface area contributed by atoms with Gasteiger partial charge in [-0.05, 0) is 59.2 Å². The molecular weight excluding hydrogens is 422 g/mol. The van der Waals surface area contributed by atoms with Crippen LogP contribution >= 0.6 is 0 Å². The molecule has 3 aromatic carbocycles. The summed E-state index contributed by atoms with van der Waals surface area (Å²) >= 11 is 0. The summed E-state index contributed by atoms with van der Waals surface area (Å²) in [7, 11) is 1.26. The molecule has 0 atom stereocenters. The third-order valence-corrected chi connectivity index (χ3v) is 4.80. The van der Waals surface area contributed by atoms with E-state index < -0.39 is 17.8 Å². The fraction of sp³-hybridized carbons (Fsp3) is 0.0400. The van der Waals surface area contributed by atoms with Crippen LogP contribution in [0.25, 0.3) is 17.2 Å². The summed E-state index contributed by atoms with van der Waals surface area (Å²) in [5.41, 5.74) is 8.06. The fourth-order valence-electron chi connectivity index (χ4n) is 3.16. The number of carboxylic acid groups (broad SMARTS) is 1. The van der Waals surface area contributed by atoms with Gasteiger partial charge in [-0.1, -0.05) is 30.3 Å². The van der Waals surface area contributed by atoms with Crippen LogP contribution in [-0.2, 0) is 9.53 Å². The van der Waals surface area contributed by atoms with E-state index >= 15 is 0 Å². The van der Waals surface area contributed by atoms with Gasteiger partial charge in [0, 0.05) is 22.9 Å². The van der Waals surface area contributed by atoms with Crippen molar-refractivity contribution in [3.05, 3.63) is 95.1 Å². The topological polar surface area (TPSA) is 143 Å². The third kappa shape index (κ3) is 5.50. The zero-order valence-electron chi connectivity index (χ0n) is 17.7. The van der Waals surface area contributed by atoms with Crippen molar-refractivity contribution in [2.24, 2.45) is 5.73 Å². The number of nitrogens with two attached hydrogens (primary N) is 1. The number of aromatic carboxylic acids is 1. The molecule has 0 aliphatic carbocycles. The summed E-state index contributed by atoms with van der Waals surface area (Å²) in [4.78, 5) is 36.4. The van der Waals surface area contributed by atoms with Crippen LogP contribution in [0.2, 0.25) is 0 Å². The summed E-state index contributed by atoms with van der Waals surface area (Å²) < 4.78 is 4.60. The van der Waals surface area contributed by atoms with Gasteiger partial charge in [0.25, 0.3) is 5.91 Å². The molecular formula is C25H21N3O5. The summed E-state index contributed by atoms with van der Waals surface area (Å²) in [6.45, 7) is 0. The lowest BCUT2D eigenvalue weighted by Crippen LogP contribution is -2.15. The zero-order valence-corrected chi connectivity index (χ0v) is 17.7. The predicted molar refractivity (Wildman–Crippen MR) is 125 cm³/mol. The van der Waals surface area contributed by atoms with Crippen molar-refractivity contribution in [2.45, 2.75) is 0 Å². The molecule has 0 spiro atoms. The maximum Gasteiger partial charge on any atom is 0.336 e. The SMILES string of the molecule is COC(=O)C=Cc1ccc(-c2ccccc2C(=O)O)c(C(=O)Nc2ccc(C(=N)N)cc2)c1. The van der Waals surface area contributed by atoms with E-state index in [-0.39, 0.29) is 17.0 Å². The molecule has 166 valence electrons. The monoisotopic (exact) mass is 443 g/mol. The van der Waals surface area contributed by atoms with Crippen LogP contribution in [0.15, 0.2) is 72.8 Å². The van der Waals surface area contributed by atoms with Gasteiger partial charge in [-0.25, -0.2) is 9.59 Å². The number of hydrogen-bond acceptors (Lipinski definition) is 5. The summed E-state index contributed by atoms with van der Waals surface area (Å²) in [5, 5.41) is 19.8. The minimum atomic E-state index is -1.12. The number of esters is 1. The molecule has 0 aliphatic heterocycles. The lowest BCUT2D eigenvalue weighted by atomic mass is 9.93. The first-order chi connectivity index (χ1) is 15.8. The van der Waals surface area contributed by atoms with Gasteiger partial charge in [-0.2, -0.15) is 0 Å². The van der Waals surface area contributed by atoms with Crippen LogP contribution in [0.4, 0.5) is 5.69 Å². The molecule has 5 N–H and O–H groups in total. The Bertz CT molecular complexity index is 1260. The highest BCUT2D eigenvalue weighted by Crippen LogP contribution is 2.29. The van der Waals surface area contributed by atoms with Crippen molar-refractivity contribution in [3.63, 3.8) is 0 Å². The average molecular weight is 443 g/mol. The highest BCUT2D eigenvalue weighted by atomic mass is 16.5. The van der Waals surface area contributed by atoms with Gasteiger partial charge in [0.1, 0.15) is 5.84 Å². The highest BCUT2D eigenvalue weighted by Gasteiger charge is 2.18. The molecule has 1 amide bonds. The Morgan fingerprint density at radius 3 is 2.27 bits per heavy atom. The normalized spacial score (nSPS) is 10.6. The third-order valence-electron chi connectivity index (χ3n) is 4.80. The van der Waals surface area contributed by atoms with Crippen molar-refractivity contribution in [1.82, 2.24) is 0 Å². The van der Waals surface area contributed by atoms with Gasteiger partial charge in [0.15, 0.2) is 0 Å². The van der Waals surface area contributed by atoms with Crippen LogP contribution in [0.5, 0.6) is 0 Å². The van der Waals surface area contributed by atoms with Crippen LogP contribution in [0.1, 0.15) is 31.8 Å². The van der Waals surface area contributed by atoms with Crippen molar-refractivity contribution in [3.8, 4) is 11.1 Å². The Hall–Kier alpha value is -4.72. The molecule has 0 bridgehead atoms. The Labute approximate surface area is 189 Å². The number of rotatable bonds is 7. The molecule has 0 unspecified atom stereocenters. The van der Waals surface area contributed by atoms with E-state index in [1.807, 2.05) is 0 Å². The number of benzene rings is 3. The Morgan fingerprint density at radius 1 is 0.970 bits per heavy atom. The summed E-state index contributed by atoms with van der Waals surface area (Å²) in [6.07, 6.45) is 2.72. The van der Waals surface area contributed by atoms with E-state index in [0.717, 1.165) is 0 Å². The number of carbonyl (C=O) groups is 3. The molecule has 0 heterocycles. The van der Waals surface area contributed by atoms with Gasteiger partial charge in [-0.15, -0.1) is 0 Å². The van der Waals surface area contributed by atoms with Gasteiger partial charge < -0.3 is 20.9 Å². The van der Waals surface area contributed by atoms with Crippen LogP contribution in [-0.4, -0.2) is 35.9 Å². The predicted octanol–water partition coefficient (Wildman–Crippen LogP) is 3.77. The van der Waals surface area contributed by atoms with Crippen LogP contribution in [0, 0.1) is 5.41 Å². The smallest absolute Gasteiger partial charge is 0.336 e. The zero-order chi connectivity index (χ0) is 24.0. The molecule has 8 nitrogen and oxygen atoms in total. The lowest BCUT2D eigenvalue weighted by molar-refractivity contribution is -0.134. The number of hydrogen-bond donors (Lipinski definition) is 4. The van der Waals surface area contributed by atoms with E-state index in [1.165, 1.54) is 25.3 Å². The molecule has 0 aromatic heterocycles. The van der Waals surface area contributed by atoms with E-state index in [1.54, 1.807) is 60.7 Å². The number of amides is 1. The number of carboxylic acids is 1. The van der Waals surface area contributed by atoms with E-state index in [4.69, 9.17) is 11.1 Å². The standard InChI is InChI=1S/C25H21N3O5/c1-33-22(29)13-7-15-6-12-19(18-4-2-3-5-20(18)25(31)32)21(14-15)24(30)28-17-10-8-16(9-11-17)23(26)27/h2-14H,1H3,(H3,26,27)(H,28,30)(H,31,32). The average Bonchev–Trinajstić information content (AvgIpc) is 2.82. The number of anilines is 1. The molecule has 0 saturated heterocycles. The summed E-state index contributed by atoms with van der Waals surface area (Å²) in [6, 6.07) is 17.7. The van der Waals surface area contributed by atoms with Crippen molar-refractivity contribution in [2.75, 3.05) is 12.4 Å². The second kappa shape index (κ2) is 10.1. The molecule has 0 aliphatic rings. The molecule has 3 rings (SSSR count). The largest absolute Gasteiger partial charge is 0.478 e. The van der Waals surface area contributed by atoms with Gasteiger partial charge in [0.2, 0.25) is 0 Å². The lowest BCUT2D eigenvalue weighted by Gasteiger charge is -2.14. The maximum atomic E-state index is 13.2. The number of nitrogen functional groups attached to an aromatic ring is 1. The molecule has 33 heavy (non-hydrogen) atoms. The van der Waals surface area contributed by atoms with Crippen molar-refractivity contribution >= 4 is 35.4 Å². The Kier molecular flexibility index (Phi) is 7.00. The minimum Gasteiger partial charge on any atom is -0.478 e. The van der Waals surface area contributed by atoms with E-state index in [0.29, 0.717) is 27.9 Å². The van der Waals surface area contributed by atoms with Gasteiger partial charge >= 0.3 is 11.9 Å². The molecule has 0 radical (unpaired) electrons. The van der Waals surface area contributed by atoms with Crippen molar-refractivity contribution < 1.29 is 24.2 Å². The molecule has 0 fully saturated rings. The first-order valence-electron chi connectivity index (χ1n) is 9.78. The second-order valence-corrected chi connectivity index (χ2v) is 6.96. The van der Waals surface area contributed by atoms with E-state index in [2.05, 4.69) is 10.1 Å². The molecule has 0 saturated carbocycles. The van der Waals surface area contributed by atoms with Crippen LogP contribution < -0.4 is 11.1 Å². The number of ether oxygens (including phenoxy) is 1. The minimum absolute atomic E-state index is 0.0511. The second-order valence-electron chi connectivity index (χ2n) is 6.96. The van der Waals surface area contributed by atoms with Crippen LogP contribution in [0.3, 0.4) is 0 Å². The maximum absolute atomic E-state index is 13.2. The Morgan fingerprint density at radius 2 is 1.64 bits per heavy atom. The number of carbonyl (C=O) groups excluding carboxylic acids is 2. The van der Waals surface area contributed by atoms with Gasteiger partial charge in [0.05, 0.1) is 12.7 Å². The van der Waals surface area contributed by atoms with Crippen molar-refractivity contribution in [1.29, 1.82) is 5.41 Å². The number of amidine groups is 1. The highest BCUT2D eigenvalue weighted by molar-refractivity contribution is 6.11. The number of nitrogens with one attached hydrogen (secondary N) is 2.